The van der Waals surface area contributed by atoms with Crippen molar-refractivity contribution in [2.45, 2.75) is 51.3 Å². The van der Waals surface area contributed by atoms with Crippen LogP contribution in [-0.4, -0.2) is 30.1 Å². The SMILES string of the molecule is CCCC(=O)O[C@@H](CC(=O)C(Cl)P(=O)(OCC)OCC)c1ccco1. The van der Waals surface area contributed by atoms with Crippen LogP contribution in [0.15, 0.2) is 22.8 Å². The van der Waals surface area contributed by atoms with E-state index in [9.17, 15) is 14.2 Å². The minimum absolute atomic E-state index is 0.0842. The van der Waals surface area contributed by atoms with E-state index in [1.807, 2.05) is 6.92 Å². The number of halogens is 1. The van der Waals surface area contributed by atoms with Crippen molar-refractivity contribution in [3.05, 3.63) is 24.2 Å². The summed E-state index contributed by atoms with van der Waals surface area (Å²) in [5.41, 5.74) is 0. The Morgan fingerprint density at radius 1 is 1.24 bits per heavy atom. The smallest absolute Gasteiger partial charge is 0.355 e. The number of hydrogen-bond donors (Lipinski definition) is 0. The van der Waals surface area contributed by atoms with Crippen molar-refractivity contribution in [1.29, 1.82) is 0 Å². The van der Waals surface area contributed by atoms with Crippen LogP contribution in [0.3, 0.4) is 0 Å². The fourth-order valence-electron chi connectivity index (χ4n) is 2.08. The summed E-state index contributed by atoms with van der Waals surface area (Å²) >= 11 is 6.07. The highest BCUT2D eigenvalue weighted by Crippen LogP contribution is 2.55. The Morgan fingerprint density at radius 2 is 1.88 bits per heavy atom. The number of Topliss-reactive ketones (excluding diaryl/α,β-unsaturated/α-hetero) is 1. The molecule has 1 heterocycles. The first-order valence-electron chi connectivity index (χ1n) is 8.16. The Bertz CT molecular complexity index is 577. The Balaban J connectivity index is 2.89. The predicted molar refractivity (Wildman–Crippen MR) is 92.6 cm³/mol. The molecule has 25 heavy (non-hydrogen) atoms. The zero-order valence-corrected chi connectivity index (χ0v) is 16.3. The molecule has 0 aromatic carbocycles. The molecule has 9 heteroatoms. The van der Waals surface area contributed by atoms with Gasteiger partial charge in [0, 0.05) is 6.42 Å². The minimum Gasteiger partial charge on any atom is -0.465 e. The van der Waals surface area contributed by atoms with Gasteiger partial charge in [-0.15, -0.1) is 11.6 Å². The van der Waals surface area contributed by atoms with Crippen LogP contribution in [0, 0.1) is 0 Å². The van der Waals surface area contributed by atoms with Gasteiger partial charge in [0.15, 0.2) is 17.0 Å². The molecule has 2 atom stereocenters. The monoisotopic (exact) mass is 394 g/mol. The highest BCUT2D eigenvalue weighted by molar-refractivity contribution is 7.57. The molecule has 1 aromatic heterocycles. The highest BCUT2D eigenvalue weighted by Gasteiger charge is 2.41. The lowest BCUT2D eigenvalue weighted by atomic mass is 10.1. The Kier molecular flexibility index (Phi) is 9.43. The van der Waals surface area contributed by atoms with Crippen molar-refractivity contribution in [2.24, 2.45) is 0 Å². The molecule has 0 aliphatic heterocycles. The molecular formula is C16H24ClO7P. The standard InChI is InChI=1S/C16H24ClO7P/c1-4-8-15(19)24-14(13-9-7-10-21-13)11-12(18)16(17)25(20,22-5-2)23-6-3/h7,9-10,14,16H,4-6,8,11H2,1-3H3/t14-,16?/m0/s1. The topological polar surface area (TPSA) is 92.0 Å². The maximum absolute atomic E-state index is 12.6. The van der Waals surface area contributed by atoms with Gasteiger partial charge in [0.05, 0.1) is 25.9 Å². The van der Waals surface area contributed by atoms with Gasteiger partial charge in [-0.05, 0) is 32.4 Å². The number of carbonyl (C=O) groups is 2. The highest BCUT2D eigenvalue weighted by atomic mass is 35.5. The van der Waals surface area contributed by atoms with Gasteiger partial charge >= 0.3 is 13.6 Å². The molecule has 0 radical (unpaired) electrons. The van der Waals surface area contributed by atoms with Crippen molar-refractivity contribution >= 4 is 30.9 Å². The number of ether oxygens (including phenoxy) is 1. The minimum atomic E-state index is -3.80. The average Bonchev–Trinajstić information content (AvgIpc) is 3.08. The van der Waals surface area contributed by atoms with Crippen LogP contribution in [0.5, 0.6) is 0 Å². The van der Waals surface area contributed by atoms with Crippen molar-refractivity contribution in [1.82, 2.24) is 0 Å². The molecule has 1 unspecified atom stereocenters. The van der Waals surface area contributed by atoms with E-state index in [-0.39, 0.29) is 26.1 Å². The van der Waals surface area contributed by atoms with E-state index < -0.39 is 30.6 Å². The van der Waals surface area contributed by atoms with Crippen LogP contribution in [0.2, 0.25) is 0 Å². The van der Waals surface area contributed by atoms with Crippen molar-refractivity contribution in [3.63, 3.8) is 0 Å². The normalized spacial score (nSPS) is 14.1. The Morgan fingerprint density at radius 3 is 2.36 bits per heavy atom. The summed E-state index contributed by atoms with van der Waals surface area (Å²) in [5, 5.41) is -1.49. The second-order valence-corrected chi connectivity index (χ2v) is 7.98. The van der Waals surface area contributed by atoms with Crippen LogP contribution in [0.4, 0.5) is 0 Å². The number of hydrogen-bond acceptors (Lipinski definition) is 7. The number of alkyl halides is 1. The molecule has 0 aliphatic rings. The molecule has 0 saturated heterocycles. The first-order chi connectivity index (χ1) is 11.9. The maximum Gasteiger partial charge on any atom is 0.355 e. The molecule has 142 valence electrons. The first kappa shape index (κ1) is 21.9. The summed E-state index contributed by atoms with van der Waals surface area (Å²) in [6, 6.07) is 3.20. The molecular weight excluding hydrogens is 371 g/mol. The van der Waals surface area contributed by atoms with Crippen molar-refractivity contribution in [3.8, 4) is 0 Å². The van der Waals surface area contributed by atoms with Gasteiger partial charge in [-0.25, -0.2) is 0 Å². The van der Waals surface area contributed by atoms with Gasteiger partial charge in [0.1, 0.15) is 5.76 Å². The van der Waals surface area contributed by atoms with E-state index in [4.69, 9.17) is 29.8 Å². The van der Waals surface area contributed by atoms with E-state index in [2.05, 4.69) is 0 Å². The number of carbonyl (C=O) groups excluding carboxylic acids is 2. The molecule has 1 aromatic rings. The second-order valence-electron chi connectivity index (χ2n) is 5.13. The second kappa shape index (κ2) is 10.8. The number of rotatable bonds is 12. The molecule has 0 spiro atoms. The van der Waals surface area contributed by atoms with Crippen molar-refractivity contribution < 1.29 is 32.4 Å². The van der Waals surface area contributed by atoms with Gasteiger partial charge in [0.2, 0.25) is 0 Å². The molecule has 0 N–H and O–H groups in total. The van der Waals surface area contributed by atoms with Gasteiger partial charge in [0.25, 0.3) is 0 Å². The summed E-state index contributed by atoms with van der Waals surface area (Å²) in [4.78, 5) is 24.3. The van der Waals surface area contributed by atoms with Gasteiger partial charge in [-0.1, -0.05) is 6.92 Å². The third kappa shape index (κ3) is 6.59. The van der Waals surface area contributed by atoms with Crippen molar-refractivity contribution in [2.75, 3.05) is 13.2 Å². The van der Waals surface area contributed by atoms with Crippen LogP contribution >= 0.6 is 19.2 Å². The maximum atomic E-state index is 12.6. The van der Waals surface area contributed by atoms with E-state index in [0.29, 0.717) is 12.2 Å². The summed E-state index contributed by atoms with van der Waals surface area (Å²) in [6.07, 6.45) is 0.997. The molecule has 0 amide bonds. The quantitative estimate of drug-likeness (QED) is 0.293. The average molecular weight is 395 g/mol. The van der Waals surface area contributed by atoms with Crippen LogP contribution in [-0.2, 0) is 27.9 Å². The molecule has 1 rings (SSSR count). The molecule has 0 saturated carbocycles. The van der Waals surface area contributed by atoms with Crippen LogP contribution in [0.25, 0.3) is 0 Å². The fraction of sp³-hybridized carbons (Fsp3) is 0.625. The van der Waals surface area contributed by atoms with Gasteiger partial charge in [-0.2, -0.15) is 0 Å². The zero-order chi connectivity index (χ0) is 18.9. The Labute approximate surface area is 152 Å². The fourth-order valence-corrected chi connectivity index (χ4v) is 4.02. The van der Waals surface area contributed by atoms with E-state index in [1.165, 1.54) is 6.26 Å². The number of furan rings is 1. The summed E-state index contributed by atoms with van der Waals surface area (Å²) in [7, 11) is -3.80. The molecule has 7 nitrogen and oxygen atoms in total. The van der Waals surface area contributed by atoms with Gasteiger partial charge in [-0.3, -0.25) is 14.2 Å². The van der Waals surface area contributed by atoms with E-state index in [0.717, 1.165) is 0 Å². The molecule has 0 fully saturated rings. The largest absolute Gasteiger partial charge is 0.465 e. The lowest BCUT2D eigenvalue weighted by Crippen LogP contribution is -2.22. The van der Waals surface area contributed by atoms with Crippen LogP contribution in [0.1, 0.15) is 51.9 Å². The summed E-state index contributed by atoms with van der Waals surface area (Å²) in [6.45, 7) is 5.25. The first-order valence-corrected chi connectivity index (χ1v) is 10.2. The zero-order valence-electron chi connectivity index (χ0n) is 14.6. The number of ketones is 1. The van der Waals surface area contributed by atoms with E-state index >= 15 is 0 Å². The number of esters is 1. The third-order valence-electron chi connectivity index (χ3n) is 3.14. The summed E-state index contributed by atoms with van der Waals surface area (Å²) in [5.74, 6) is -0.762. The third-order valence-corrected chi connectivity index (χ3v) is 6.18. The molecule has 0 aliphatic carbocycles. The summed E-state index contributed by atoms with van der Waals surface area (Å²) < 4.78 is 33.3. The lowest BCUT2D eigenvalue weighted by molar-refractivity contribution is -0.151. The van der Waals surface area contributed by atoms with Gasteiger partial charge < -0.3 is 18.2 Å². The molecule has 0 bridgehead atoms. The lowest BCUT2D eigenvalue weighted by Gasteiger charge is -2.22. The Hall–Kier alpha value is -1.14. The van der Waals surface area contributed by atoms with E-state index in [1.54, 1.807) is 26.0 Å². The van der Waals surface area contributed by atoms with Crippen LogP contribution < -0.4 is 0 Å². The predicted octanol–water partition coefficient (Wildman–Crippen LogP) is 4.45.